The van der Waals surface area contributed by atoms with Gasteiger partial charge in [-0.25, -0.2) is 13.8 Å². The third kappa shape index (κ3) is 3.68. The molecule has 1 aromatic heterocycles. The number of aromatic amines is 1. The molecule has 0 atom stereocenters. The molecule has 0 amide bonds. The number of halogens is 2. The average molecular weight is 353 g/mol. The van der Waals surface area contributed by atoms with Gasteiger partial charge in [0.2, 0.25) is 0 Å². The summed E-state index contributed by atoms with van der Waals surface area (Å²) in [5.41, 5.74) is 2.68. The molecule has 26 heavy (non-hydrogen) atoms. The molecule has 0 radical (unpaired) electrons. The van der Waals surface area contributed by atoms with Crippen LogP contribution in [0.3, 0.4) is 0 Å². The minimum Gasteiger partial charge on any atom is -0.342 e. The molecule has 0 aliphatic carbocycles. The van der Waals surface area contributed by atoms with Crippen LogP contribution in [-0.4, -0.2) is 28.0 Å². The Bertz CT molecular complexity index is 868. The maximum absolute atomic E-state index is 13.4. The summed E-state index contributed by atoms with van der Waals surface area (Å²) in [6.45, 7) is 3.04. The number of hydrogen-bond donors (Lipinski definition) is 1. The molecule has 1 saturated heterocycles. The van der Waals surface area contributed by atoms with Crippen molar-refractivity contribution in [1.29, 1.82) is 0 Å². The first-order valence-electron chi connectivity index (χ1n) is 8.95. The van der Waals surface area contributed by atoms with E-state index in [0.29, 0.717) is 11.5 Å². The fraction of sp³-hybridized carbons (Fsp3) is 0.286. The van der Waals surface area contributed by atoms with E-state index < -0.39 is 11.6 Å². The van der Waals surface area contributed by atoms with Crippen molar-refractivity contribution in [1.82, 2.24) is 14.9 Å². The molecule has 2 heterocycles. The molecule has 4 rings (SSSR count). The lowest BCUT2D eigenvalue weighted by Crippen LogP contribution is -2.32. The summed E-state index contributed by atoms with van der Waals surface area (Å²) in [5, 5.41) is 0. The van der Waals surface area contributed by atoms with Gasteiger partial charge in [0.1, 0.15) is 5.82 Å². The van der Waals surface area contributed by atoms with E-state index in [1.807, 2.05) is 6.07 Å². The van der Waals surface area contributed by atoms with Crippen molar-refractivity contribution in [3.63, 3.8) is 0 Å². The number of benzene rings is 2. The molecule has 1 aliphatic heterocycles. The van der Waals surface area contributed by atoms with Crippen molar-refractivity contribution in [2.75, 3.05) is 13.1 Å². The monoisotopic (exact) mass is 353 g/mol. The van der Waals surface area contributed by atoms with Crippen LogP contribution in [0.25, 0.3) is 11.3 Å². The maximum Gasteiger partial charge on any atom is 0.159 e. The number of nitrogens with one attached hydrogen (secondary N) is 1. The Morgan fingerprint density at radius 1 is 1.00 bits per heavy atom. The molecule has 2 aromatic carbocycles. The Hall–Kier alpha value is -2.53. The largest absolute Gasteiger partial charge is 0.342 e. The van der Waals surface area contributed by atoms with Crippen LogP contribution in [0.1, 0.15) is 30.1 Å². The van der Waals surface area contributed by atoms with Gasteiger partial charge < -0.3 is 4.98 Å². The maximum atomic E-state index is 13.4. The van der Waals surface area contributed by atoms with Gasteiger partial charge in [0.05, 0.1) is 11.9 Å². The van der Waals surface area contributed by atoms with Crippen molar-refractivity contribution in [3.8, 4) is 11.3 Å². The molecular formula is C21H21F2N3. The number of aromatic nitrogens is 2. The van der Waals surface area contributed by atoms with Crippen LogP contribution in [0.2, 0.25) is 0 Å². The summed E-state index contributed by atoms with van der Waals surface area (Å²) in [4.78, 5) is 10.2. The quantitative estimate of drug-likeness (QED) is 0.735. The number of nitrogens with zero attached hydrogens (tertiary/aromatic N) is 2. The van der Waals surface area contributed by atoms with Gasteiger partial charge in [-0.15, -0.1) is 0 Å². The van der Waals surface area contributed by atoms with E-state index in [-0.39, 0.29) is 0 Å². The number of likely N-dealkylation sites (tertiary alicyclic amines) is 1. The van der Waals surface area contributed by atoms with Gasteiger partial charge in [-0.3, -0.25) is 4.90 Å². The summed E-state index contributed by atoms with van der Waals surface area (Å²) >= 11 is 0. The lowest BCUT2D eigenvalue weighted by Gasteiger charge is -2.31. The van der Waals surface area contributed by atoms with E-state index in [9.17, 15) is 8.78 Å². The highest BCUT2D eigenvalue weighted by atomic mass is 19.2. The Kier molecular flexibility index (Phi) is 4.80. The summed E-state index contributed by atoms with van der Waals surface area (Å²) in [5.74, 6) is -0.364. The van der Waals surface area contributed by atoms with Crippen LogP contribution in [0.4, 0.5) is 8.78 Å². The van der Waals surface area contributed by atoms with Crippen LogP contribution in [0.15, 0.2) is 54.7 Å². The van der Waals surface area contributed by atoms with Crippen LogP contribution in [0.5, 0.6) is 0 Å². The first-order valence-corrected chi connectivity index (χ1v) is 8.95. The second-order valence-corrected chi connectivity index (χ2v) is 6.85. The predicted octanol–water partition coefficient (Wildman–Crippen LogP) is 4.73. The molecule has 1 aliphatic rings. The standard InChI is InChI=1S/C21H21F2N3/c22-18-7-6-17(12-19(18)23)20-13-24-21(25-20)16-8-10-26(11-9-16)14-15-4-2-1-3-5-15/h1-7,12-13,16H,8-11,14H2,(H,24,25). The molecule has 1 fully saturated rings. The van der Waals surface area contributed by atoms with Gasteiger partial charge in [-0.2, -0.15) is 0 Å². The molecule has 0 unspecified atom stereocenters. The zero-order valence-electron chi connectivity index (χ0n) is 14.5. The molecule has 0 saturated carbocycles. The number of imidazole rings is 1. The minimum absolute atomic E-state index is 0.376. The van der Waals surface area contributed by atoms with Crippen LogP contribution < -0.4 is 0 Å². The highest BCUT2D eigenvalue weighted by Crippen LogP contribution is 2.29. The van der Waals surface area contributed by atoms with Crippen molar-refractivity contribution in [2.45, 2.75) is 25.3 Å². The van der Waals surface area contributed by atoms with E-state index in [0.717, 1.165) is 50.1 Å². The van der Waals surface area contributed by atoms with Crippen LogP contribution in [0, 0.1) is 11.6 Å². The molecular weight excluding hydrogens is 332 g/mol. The Morgan fingerprint density at radius 2 is 1.77 bits per heavy atom. The van der Waals surface area contributed by atoms with E-state index in [1.165, 1.54) is 11.6 Å². The van der Waals surface area contributed by atoms with Gasteiger partial charge in [0, 0.05) is 18.0 Å². The third-order valence-corrected chi connectivity index (χ3v) is 5.05. The van der Waals surface area contributed by atoms with E-state index in [4.69, 9.17) is 0 Å². The summed E-state index contributed by atoms with van der Waals surface area (Å²) in [6, 6.07) is 14.4. The Morgan fingerprint density at radius 3 is 2.50 bits per heavy atom. The highest BCUT2D eigenvalue weighted by Gasteiger charge is 2.23. The highest BCUT2D eigenvalue weighted by molar-refractivity contribution is 5.58. The van der Waals surface area contributed by atoms with Gasteiger partial charge in [-0.05, 0) is 49.7 Å². The number of piperidine rings is 1. The fourth-order valence-electron chi connectivity index (χ4n) is 3.56. The Balaban J connectivity index is 1.39. The first-order chi connectivity index (χ1) is 12.7. The summed E-state index contributed by atoms with van der Waals surface area (Å²) < 4.78 is 26.5. The van der Waals surface area contributed by atoms with Crippen molar-refractivity contribution in [2.24, 2.45) is 0 Å². The molecule has 5 heteroatoms. The summed E-state index contributed by atoms with van der Waals surface area (Å²) in [6.07, 6.45) is 3.79. The van der Waals surface area contributed by atoms with Crippen LogP contribution >= 0.6 is 0 Å². The van der Waals surface area contributed by atoms with Crippen molar-refractivity contribution < 1.29 is 8.78 Å². The van der Waals surface area contributed by atoms with Gasteiger partial charge in [-0.1, -0.05) is 30.3 Å². The van der Waals surface area contributed by atoms with Gasteiger partial charge in [0.15, 0.2) is 11.6 Å². The molecule has 3 nitrogen and oxygen atoms in total. The number of hydrogen-bond acceptors (Lipinski definition) is 2. The molecule has 1 N–H and O–H groups in total. The third-order valence-electron chi connectivity index (χ3n) is 5.05. The van der Waals surface area contributed by atoms with E-state index in [1.54, 1.807) is 12.3 Å². The van der Waals surface area contributed by atoms with Crippen molar-refractivity contribution >= 4 is 0 Å². The smallest absolute Gasteiger partial charge is 0.159 e. The first kappa shape index (κ1) is 16.9. The average Bonchev–Trinajstić information content (AvgIpc) is 3.16. The molecule has 0 spiro atoms. The Labute approximate surface area is 151 Å². The van der Waals surface area contributed by atoms with Crippen molar-refractivity contribution in [3.05, 3.63) is 77.8 Å². The minimum atomic E-state index is -0.840. The van der Waals surface area contributed by atoms with E-state index >= 15 is 0 Å². The molecule has 0 bridgehead atoms. The summed E-state index contributed by atoms with van der Waals surface area (Å²) in [7, 11) is 0. The normalized spacial score (nSPS) is 16.1. The lowest BCUT2D eigenvalue weighted by molar-refractivity contribution is 0.202. The second-order valence-electron chi connectivity index (χ2n) is 6.85. The molecule has 134 valence electrons. The topological polar surface area (TPSA) is 31.9 Å². The molecule has 3 aromatic rings. The number of H-pyrrole nitrogens is 1. The fourth-order valence-corrected chi connectivity index (χ4v) is 3.56. The van der Waals surface area contributed by atoms with E-state index in [2.05, 4.69) is 39.1 Å². The predicted molar refractivity (Wildman–Crippen MR) is 97.6 cm³/mol. The zero-order chi connectivity index (χ0) is 17.9. The van der Waals surface area contributed by atoms with Gasteiger partial charge >= 0.3 is 0 Å². The SMILES string of the molecule is Fc1ccc(-c2cnc(C3CCN(Cc4ccccc4)CC3)[nH]2)cc1F. The zero-order valence-corrected chi connectivity index (χ0v) is 14.5. The lowest BCUT2D eigenvalue weighted by atomic mass is 9.96. The van der Waals surface area contributed by atoms with Crippen LogP contribution in [-0.2, 0) is 6.54 Å². The van der Waals surface area contributed by atoms with Gasteiger partial charge in [0.25, 0.3) is 0 Å². The number of rotatable bonds is 4. The second kappa shape index (κ2) is 7.38.